The van der Waals surface area contributed by atoms with Crippen LogP contribution in [-0.2, 0) is 11.2 Å². The lowest BCUT2D eigenvalue weighted by Gasteiger charge is -2.17. The Bertz CT molecular complexity index is 892. The number of carbonyl (C=O) groups excluding carboxylic acids is 1. The van der Waals surface area contributed by atoms with Crippen molar-refractivity contribution in [2.75, 3.05) is 11.4 Å². The zero-order chi connectivity index (χ0) is 17.9. The summed E-state index contributed by atoms with van der Waals surface area (Å²) in [4.78, 5) is 18.8. The lowest BCUT2D eigenvalue weighted by molar-refractivity contribution is -0.120. The maximum atomic E-state index is 12.8. The highest BCUT2D eigenvalue weighted by Gasteiger charge is 2.32. The van der Waals surface area contributed by atoms with Crippen LogP contribution in [0.1, 0.15) is 12.0 Å². The van der Waals surface area contributed by atoms with E-state index < -0.39 is 0 Å². The number of halogens is 1. The van der Waals surface area contributed by atoms with Crippen LogP contribution in [0.25, 0.3) is 11.1 Å². The average Bonchev–Trinajstić information content (AvgIpc) is 3.05. The summed E-state index contributed by atoms with van der Waals surface area (Å²) in [5, 5.41) is 0. The molecule has 1 fully saturated rings. The van der Waals surface area contributed by atoms with Gasteiger partial charge >= 0.3 is 0 Å². The summed E-state index contributed by atoms with van der Waals surface area (Å²) in [6.07, 6.45) is 5.29. The molecule has 1 saturated heterocycles. The van der Waals surface area contributed by atoms with Gasteiger partial charge in [-0.1, -0.05) is 40.2 Å². The van der Waals surface area contributed by atoms with Crippen LogP contribution in [0, 0.1) is 5.92 Å². The number of pyridine rings is 1. The molecule has 2 heterocycles. The van der Waals surface area contributed by atoms with Crippen molar-refractivity contribution < 1.29 is 4.79 Å². The van der Waals surface area contributed by atoms with Gasteiger partial charge in [-0.25, -0.2) is 0 Å². The number of amides is 1. The van der Waals surface area contributed by atoms with Crippen molar-refractivity contribution in [2.24, 2.45) is 5.92 Å². The molecule has 4 heteroatoms. The molecule has 3 nitrogen and oxygen atoms in total. The highest BCUT2D eigenvalue weighted by molar-refractivity contribution is 9.10. The lowest BCUT2D eigenvalue weighted by atomic mass is 9.98. The van der Waals surface area contributed by atoms with E-state index in [4.69, 9.17) is 0 Å². The van der Waals surface area contributed by atoms with Crippen LogP contribution in [0.5, 0.6) is 0 Å². The van der Waals surface area contributed by atoms with Gasteiger partial charge in [0.1, 0.15) is 0 Å². The molecule has 1 aromatic heterocycles. The topological polar surface area (TPSA) is 33.2 Å². The number of benzene rings is 2. The van der Waals surface area contributed by atoms with E-state index in [1.807, 2.05) is 41.3 Å². The first-order chi connectivity index (χ1) is 12.7. The summed E-state index contributed by atoms with van der Waals surface area (Å²) in [7, 11) is 0. The van der Waals surface area contributed by atoms with E-state index in [-0.39, 0.29) is 11.8 Å². The van der Waals surface area contributed by atoms with Gasteiger partial charge in [0, 0.05) is 35.0 Å². The zero-order valence-electron chi connectivity index (χ0n) is 14.3. The van der Waals surface area contributed by atoms with Crippen molar-refractivity contribution >= 4 is 27.5 Å². The van der Waals surface area contributed by atoms with E-state index in [0.29, 0.717) is 0 Å². The zero-order valence-corrected chi connectivity index (χ0v) is 15.9. The van der Waals surface area contributed by atoms with Gasteiger partial charge < -0.3 is 4.90 Å². The molecule has 1 aliphatic heterocycles. The molecule has 0 saturated carbocycles. The fourth-order valence-corrected chi connectivity index (χ4v) is 3.73. The van der Waals surface area contributed by atoms with E-state index in [0.717, 1.165) is 40.7 Å². The van der Waals surface area contributed by atoms with Crippen LogP contribution < -0.4 is 4.90 Å². The van der Waals surface area contributed by atoms with E-state index in [9.17, 15) is 4.79 Å². The summed E-state index contributed by atoms with van der Waals surface area (Å²) >= 11 is 3.45. The van der Waals surface area contributed by atoms with Crippen molar-refractivity contribution in [3.8, 4) is 11.1 Å². The van der Waals surface area contributed by atoms with Crippen LogP contribution >= 0.6 is 15.9 Å². The van der Waals surface area contributed by atoms with Crippen molar-refractivity contribution in [2.45, 2.75) is 12.8 Å². The first-order valence-corrected chi connectivity index (χ1v) is 9.56. The van der Waals surface area contributed by atoms with Gasteiger partial charge in [0.2, 0.25) is 5.91 Å². The van der Waals surface area contributed by atoms with Gasteiger partial charge in [-0.2, -0.15) is 0 Å². The number of hydrogen-bond acceptors (Lipinski definition) is 2. The van der Waals surface area contributed by atoms with Gasteiger partial charge in [-0.3, -0.25) is 9.78 Å². The van der Waals surface area contributed by atoms with Crippen molar-refractivity contribution in [3.63, 3.8) is 0 Å². The molecule has 0 spiro atoms. The Labute approximate surface area is 161 Å². The van der Waals surface area contributed by atoms with E-state index in [1.165, 1.54) is 5.56 Å². The predicted octanol–water partition coefficient (Wildman–Crippen LogP) is 5.11. The first-order valence-electron chi connectivity index (χ1n) is 8.77. The second kappa shape index (κ2) is 7.42. The van der Waals surface area contributed by atoms with E-state index >= 15 is 0 Å². The average molecular weight is 407 g/mol. The summed E-state index contributed by atoms with van der Waals surface area (Å²) in [5.74, 6) is 0.292. The summed E-state index contributed by atoms with van der Waals surface area (Å²) in [5.41, 5.74) is 4.45. The highest BCUT2D eigenvalue weighted by atomic mass is 79.9. The predicted molar refractivity (Wildman–Crippen MR) is 108 cm³/mol. The van der Waals surface area contributed by atoms with E-state index in [2.05, 4.69) is 45.2 Å². The van der Waals surface area contributed by atoms with E-state index in [1.54, 1.807) is 12.4 Å². The number of rotatable bonds is 4. The standard InChI is InChI=1S/C22H19BrN2O/c23-20-5-1-16(2-6-20)15-19-11-14-25(22(19)26)21-7-3-17(4-8-21)18-9-12-24-13-10-18/h1-10,12-13,19H,11,14-15H2. The smallest absolute Gasteiger partial charge is 0.230 e. The monoisotopic (exact) mass is 406 g/mol. The number of aromatic nitrogens is 1. The SMILES string of the molecule is O=C1C(Cc2ccc(Br)cc2)CCN1c1ccc(-c2ccncc2)cc1. The normalized spacial score (nSPS) is 16.9. The van der Waals surface area contributed by atoms with Gasteiger partial charge in [0.15, 0.2) is 0 Å². The molecule has 0 bridgehead atoms. The summed E-state index contributed by atoms with van der Waals surface area (Å²) < 4.78 is 1.06. The molecule has 1 amide bonds. The third kappa shape index (κ3) is 3.56. The van der Waals surface area contributed by atoms with Crippen molar-refractivity contribution in [1.29, 1.82) is 0 Å². The molecule has 0 aliphatic carbocycles. The Kier molecular flexibility index (Phi) is 4.85. The lowest BCUT2D eigenvalue weighted by Crippen LogP contribution is -2.27. The second-order valence-electron chi connectivity index (χ2n) is 6.59. The van der Waals surface area contributed by atoms with Crippen molar-refractivity contribution in [1.82, 2.24) is 4.98 Å². The first kappa shape index (κ1) is 17.0. The molecular formula is C22H19BrN2O. The minimum absolute atomic E-state index is 0.0658. The van der Waals surface area contributed by atoms with Gasteiger partial charge in [0.25, 0.3) is 0 Å². The minimum Gasteiger partial charge on any atom is -0.312 e. The highest BCUT2D eigenvalue weighted by Crippen LogP contribution is 2.29. The third-order valence-electron chi connectivity index (χ3n) is 4.90. The Hall–Kier alpha value is -2.46. The maximum Gasteiger partial charge on any atom is 0.230 e. The summed E-state index contributed by atoms with van der Waals surface area (Å²) in [6, 6.07) is 20.4. The maximum absolute atomic E-state index is 12.8. The molecule has 26 heavy (non-hydrogen) atoms. The molecule has 0 N–H and O–H groups in total. The minimum atomic E-state index is 0.0658. The quantitative estimate of drug-likeness (QED) is 0.603. The molecular weight excluding hydrogens is 388 g/mol. The Morgan fingerprint density at radius 1 is 0.923 bits per heavy atom. The largest absolute Gasteiger partial charge is 0.312 e. The molecule has 3 aromatic rings. The van der Waals surface area contributed by atoms with Gasteiger partial charge in [-0.05, 0) is 65.9 Å². The Morgan fingerprint density at radius 2 is 1.58 bits per heavy atom. The van der Waals surface area contributed by atoms with Gasteiger partial charge in [-0.15, -0.1) is 0 Å². The van der Waals surface area contributed by atoms with Crippen LogP contribution in [0.2, 0.25) is 0 Å². The molecule has 1 unspecified atom stereocenters. The molecule has 1 atom stereocenters. The molecule has 130 valence electrons. The molecule has 2 aromatic carbocycles. The molecule has 4 rings (SSSR count). The van der Waals surface area contributed by atoms with Gasteiger partial charge in [0.05, 0.1) is 0 Å². The number of anilines is 1. The van der Waals surface area contributed by atoms with Crippen molar-refractivity contribution in [3.05, 3.63) is 83.1 Å². The Morgan fingerprint density at radius 3 is 2.27 bits per heavy atom. The number of carbonyl (C=O) groups is 1. The number of hydrogen-bond donors (Lipinski definition) is 0. The Balaban J connectivity index is 1.47. The number of nitrogens with zero attached hydrogens (tertiary/aromatic N) is 2. The molecule has 0 radical (unpaired) electrons. The van der Waals surface area contributed by atoms with Crippen LogP contribution in [0.3, 0.4) is 0 Å². The summed E-state index contributed by atoms with van der Waals surface area (Å²) in [6.45, 7) is 0.786. The molecule has 1 aliphatic rings. The second-order valence-corrected chi connectivity index (χ2v) is 7.50. The fraction of sp³-hybridized carbons (Fsp3) is 0.182. The van der Waals surface area contributed by atoms with Crippen LogP contribution in [-0.4, -0.2) is 17.4 Å². The third-order valence-corrected chi connectivity index (χ3v) is 5.43. The van der Waals surface area contributed by atoms with Crippen LogP contribution in [0.15, 0.2) is 77.5 Å². The van der Waals surface area contributed by atoms with Crippen LogP contribution in [0.4, 0.5) is 5.69 Å². The fourth-order valence-electron chi connectivity index (χ4n) is 3.47.